The van der Waals surface area contributed by atoms with Crippen LogP contribution in [0.3, 0.4) is 0 Å². The quantitative estimate of drug-likeness (QED) is 0.484. The van der Waals surface area contributed by atoms with Gasteiger partial charge in [0.15, 0.2) is 5.82 Å². The van der Waals surface area contributed by atoms with Crippen LogP contribution in [0, 0.1) is 0 Å². The molecule has 9 heteroatoms. The topological polar surface area (TPSA) is 114 Å². The number of nitrogens with one attached hydrogen (secondary N) is 2. The fourth-order valence-corrected chi connectivity index (χ4v) is 4.02. The highest BCUT2D eigenvalue weighted by molar-refractivity contribution is 7.92. The lowest BCUT2D eigenvalue weighted by atomic mass is 10.1. The van der Waals surface area contributed by atoms with Crippen LogP contribution in [0.25, 0.3) is 22.3 Å². The van der Waals surface area contributed by atoms with Crippen LogP contribution in [-0.4, -0.2) is 23.6 Å². The van der Waals surface area contributed by atoms with Gasteiger partial charge in [-0.25, -0.2) is 13.4 Å². The van der Waals surface area contributed by atoms with E-state index in [1.54, 1.807) is 42.5 Å². The summed E-state index contributed by atoms with van der Waals surface area (Å²) in [5, 5.41) is 7.06. The number of nitrogen functional groups attached to an aromatic ring is 1. The number of hydrogen-bond donors (Lipinski definition) is 3. The van der Waals surface area contributed by atoms with E-state index in [1.807, 2.05) is 6.07 Å². The van der Waals surface area contributed by atoms with E-state index >= 15 is 0 Å². The van der Waals surface area contributed by atoms with Crippen molar-refractivity contribution in [1.82, 2.24) is 15.2 Å². The minimum atomic E-state index is -3.69. The summed E-state index contributed by atoms with van der Waals surface area (Å²) in [6, 6.07) is 16.6. The number of nitrogens with zero attached hydrogens (tertiary/aromatic N) is 2. The first-order chi connectivity index (χ1) is 12.9. The number of rotatable bonds is 4. The maximum atomic E-state index is 12.4. The molecular weight excluding hydrogens is 386 g/mol. The van der Waals surface area contributed by atoms with Crippen LogP contribution in [0.4, 0.5) is 11.5 Å². The maximum Gasteiger partial charge on any atom is 0.261 e. The van der Waals surface area contributed by atoms with E-state index in [1.165, 1.54) is 12.1 Å². The zero-order valence-electron chi connectivity index (χ0n) is 13.8. The Morgan fingerprint density at radius 2 is 1.81 bits per heavy atom. The molecule has 0 radical (unpaired) electrons. The molecule has 4 aromatic rings. The van der Waals surface area contributed by atoms with Crippen LogP contribution in [0.1, 0.15) is 0 Å². The Kier molecular flexibility index (Phi) is 4.21. The summed E-state index contributed by atoms with van der Waals surface area (Å²) in [5.41, 5.74) is 8.69. The first-order valence-corrected chi connectivity index (χ1v) is 9.78. The summed E-state index contributed by atoms with van der Waals surface area (Å²) in [6.07, 6.45) is 0. The van der Waals surface area contributed by atoms with Gasteiger partial charge in [-0.2, -0.15) is 5.10 Å². The summed E-state index contributed by atoms with van der Waals surface area (Å²) in [7, 11) is -3.69. The second kappa shape index (κ2) is 6.57. The summed E-state index contributed by atoms with van der Waals surface area (Å²) in [6.45, 7) is 0. The van der Waals surface area contributed by atoms with E-state index in [0.29, 0.717) is 33.3 Å². The van der Waals surface area contributed by atoms with Crippen molar-refractivity contribution in [3.05, 3.63) is 65.7 Å². The van der Waals surface area contributed by atoms with Crippen molar-refractivity contribution < 1.29 is 8.42 Å². The predicted octanol–water partition coefficient (Wildman–Crippen LogP) is 3.66. The summed E-state index contributed by atoms with van der Waals surface area (Å²) in [5.74, 6) is 0.301. The Morgan fingerprint density at radius 3 is 2.56 bits per heavy atom. The molecule has 0 aliphatic heterocycles. The number of benzene rings is 2. The average Bonchev–Trinajstić information content (AvgIpc) is 3.03. The lowest BCUT2D eigenvalue weighted by Gasteiger charge is -2.10. The van der Waals surface area contributed by atoms with E-state index in [9.17, 15) is 8.42 Å². The van der Waals surface area contributed by atoms with Gasteiger partial charge in [0.2, 0.25) is 0 Å². The molecule has 2 heterocycles. The number of hydrogen-bond acceptors (Lipinski definition) is 5. The zero-order valence-corrected chi connectivity index (χ0v) is 15.4. The minimum absolute atomic E-state index is 0.174. The smallest absolute Gasteiger partial charge is 0.261 e. The van der Waals surface area contributed by atoms with E-state index in [-0.39, 0.29) is 4.90 Å². The highest BCUT2D eigenvalue weighted by atomic mass is 35.5. The predicted molar refractivity (Wildman–Crippen MR) is 106 cm³/mol. The van der Waals surface area contributed by atoms with Gasteiger partial charge in [0.05, 0.1) is 26.8 Å². The molecule has 0 unspecified atom stereocenters. The molecule has 0 amide bonds. The van der Waals surface area contributed by atoms with Gasteiger partial charge in [0, 0.05) is 5.56 Å². The molecule has 2 aromatic heterocycles. The van der Waals surface area contributed by atoms with Crippen LogP contribution in [-0.2, 0) is 10.0 Å². The van der Waals surface area contributed by atoms with Crippen LogP contribution >= 0.6 is 11.6 Å². The van der Waals surface area contributed by atoms with E-state index in [2.05, 4.69) is 19.9 Å². The fourth-order valence-electron chi connectivity index (χ4n) is 2.67. The molecule has 27 heavy (non-hydrogen) atoms. The molecule has 136 valence electrons. The fraction of sp³-hybridized carbons (Fsp3) is 0. The molecule has 0 saturated carbocycles. The number of halogens is 1. The van der Waals surface area contributed by atoms with E-state index in [0.717, 1.165) is 5.52 Å². The number of aromatic amines is 1. The Bertz CT molecular complexity index is 1240. The number of pyridine rings is 1. The Morgan fingerprint density at radius 1 is 1.04 bits per heavy atom. The SMILES string of the molecule is Nc1n[nH]c2ccc(-c3ccc(NS(=O)(=O)c4ccccc4)cc3Cl)nc12. The van der Waals surface area contributed by atoms with Crippen molar-refractivity contribution in [2.75, 3.05) is 10.5 Å². The second-order valence-electron chi connectivity index (χ2n) is 5.81. The highest BCUT2D eigenvalue weighted by Crippen LogP contribution is 2.31. The average molecular weight is 400 g/mol. The van der Waals surface area contributed by atoms with Gasteiger partial charge in [-0.05, 0) is 42.5 Å². The number of aromatic nitrogens is 3. The molecular formula is C18H14ClN5O2S. The monoisotopic (exact) mass is 399 g/mol. The number of nitrogens with two attached hydrogens (primary N) is 1. The molecule has 4 N–H and O–H groups in total. The van der Waals surface area contributed by atoms with Crippen molar-refractivity contribution >= 4 is 44.2 Å². The minimum Gasteiger partial charge on any atom is -0.380 e. The van der Waals surface area contributed by atoms with Crippen molar-refractivity contribution in [2.24, 2.45) is 0 Å². The molecule has 0 saturated heterocycles. The summed E-state index contributed by atoms with van der Waals surface area (Å²) < 4.78 is 27.4. The third-order valence-corrected chi connectivity index (χ3v) is 5.70. The zero-order chi connectivity index (χ0) is 19.0. The van der Waals surface area contributed by atoms with Gasteiger partial charge in [-0.15, -0.1) is 0 Å². The third kappa shape index (κ3) is 3.32. The highest BCUT2D eigenvalue weighted by Gasteiger charge is 2.15. The van der Waals surface area contributed by atoms with Gasteiger partial charge in [-0.3, -0.25) is 9.82 Å². The van der Waals surface area contributed by atoms with Gasteiger partial charge in [-0.1, -0.05) is 29.8 Å². The standard InChI is InChI=1S/C18H14ClN5O2S/c19-14-10-11(24-27(25,26)12-4-2-1-3-5-12)6-7-13(14)15-8-9-16-17(21-15)18(20)23-22-16/h1-10,24H,(H3,20,22,23). The normalized spacial score (nSPS) is 11.6. The molecule has 0 aliphatic rings. The molecule has 0 fully saturated rings. The van der Waals surface area contributed by atoms with Crippen LogP contribution in [0.5, 0.6) is 0 Å². The number of fused-ring (bicyclic) bond motifs is 1. The Hall–Kier alpha value is -3.10. The summed E-state index contributed by atoms with van der Waals surface area (Å²) in [4.78, 5) is 4.65. The number of H-pyrrole nitrogens is 1. The third-order valence-electron chi connectivity index (χ3n) is 3.99. The Labute approximate surface area is 160 Å². The lowest BCUT2D eigenvalue weighted by Crippen LogP contribution is -2.12. The first-order valence-electron chi connectivity index (χ1n) is 7.92. The molecule has 4 rings (SSSR count). The lowest BCUT2D eigenvalue weighted by molar-refractivity contribution is 0.601. The van der Waals surface area contributed by atoms with Crippen molar-refractivity contribution in [3.8, 4) is 11.3 Å². The number of anilines is 2. The van der Waals surface area contributed by atoms with Crippen LogP contribution < -0.4 is 10.5 Å². The van der Waals surface area contributed by atoms with Gasteiger partial charge >= 0.3 is 0 Å². The largest absolute Gasteiger partial charge is 0.380 e. The van der Waals surface area contributed by atoms with Gasteiger partial charge in [0.25, 0.3) is 10.0 Å². The molecule has 0 atom stereocenters. The second-order valence-corrected chi connectivity index (χ2v) is 7.90. The van der Waals surface area contributed by atoms with E-state index in [4.69, 9.17) is 17.3 Å². The van der Waals surface area contributed by atoms with Crippen molar-refractivity contribution in [3.63, 3.8) is 0 Å². The van der Waals surface area contributed by atoms with Gasteiger partial charge in [0.1, 0.15) is 5.52 Å². The van der Waals surface area contributed by atoms with Crippen molar-refractivity contribution in [2.45, 2.75) is 4.90 Å². The molecule has 0 aliphatic carbocycles. The van der Waals surface area contributed by atoms with Crippen LogP contribution in [0.15, 0.2) is 65.6 Å². The van der Waals surface area contributed by atoms with Gasteiger partial charge < -0.3 is 5.73 Å². The molecule has 2 aromatic carbocycles. The first kappa shape index (κ1) is 17.3. The molecule has 7 nitrogen and oxygen atoms in total. The Balaban J connectivity index is 1.67. The number of sulfonamides is 1. The summed E-state index contributed by atoms with van der Waals surface area (Å²) >= 11 is 6.37. The van der Waals surface area contributed by atoms with E-state index < -0.39 is 10.0 Å². The molecule has 0 spiro atoms. The van der Waals surface area contributed by atoms with Crippen molar-refractivity contribution in [1.29, 1.82) is 0 Å². The van der Waals surface area contributed by atoms with Crippen LogP contribution in [0.2, 0.25) is 5.02 Å². The molecule has 0 bridgehead atoms. The maximum absolute atomic E-state index is 12.4.